The van der Waals surface area contributed by atoms with Crippen molar-refractivity contribution in [3.05, 3.63) is 89.0 Å². The van der Waals surface area contributed by atoms with Crippen molar-refractivity contribution in [1.82, 2.24) is 9.47 Å². The first-order chi connectivity index (χ1) is 20.7. The molecule has 2 aliphatic heterocycles. The molecule has 0 unspecified atom stereocenters. The van der Waals surface area contributed by atoms with E-state index in [-0.39, 0.29) is 29.8 Å². The van der Waals surface area contributed by atoms with Crippen molar-refractivity contribution in [2.45, 2.75) is 32.9 Å². The van der Waals surface area contributed by atoms with Crippen LogP contribution in [0.2, 0.25) is 0 Å². The molecule has 12 heteroatoms. The lowest BCUT2D eigenvalue weighted by molar-refractivity contribution is -0.143. The summed E-state index contributed by atoms with van der Waals surface area (Å²) in [6, 6.07) is 11.8. The second kappa shape index (κ2) is 13.3. The second-order valence-electron chi connectivity index (χ2n) is 10.3. The van der Waals surface area contributed by atoms with Gasteiger partial charge in [-0.2, -0.15) is 0 Å². The molecule has 0 saturated carbocycles. The van der Waals surface area contributed by atoms with Crippen LogP contribution in [0.5, 0.6) is 11.5 Å². The van der Waals surface area contributed by atoms with Gasteiger partial charge < -0.3 is 23.8 Å². The summed E-state index contributed by atoms with van der Waals surface area (Å²) in [5.41, 5.74) is 1.84. The molecule has 2 aliphatic rings. The van der Waals surface area contributed by atoms with Crippen LogP contribution in [0.15, 0.2) is 68.0 Å². The first-order valence-electron chi connectivity index (χ1n) is 13.8. The third-order valence-corrected chi connectivity index (χ3v) is 8.45. The molecule has 226 valence electrons. The summed E-state index contributed by atoms with van der Waals surface area (Å²) in [6.07, 6.45) is 1.42. The van der Waals surface area contributed by atoms with Crippen LogP contribution in [-0.2, 0) is 19.1 Å². The average molecular weight is 671 g/mol. The van der Waals surface area contributed by atoms with Gasteiger partial charge in [0.2, 0.25) is 0 Å². The third-order valence-electron chi connectivity index (χ3n) is 6.97. The lowest BCUT2D eigenvalue weighted by Gasteiger charge is -2.26. The topological polar surface area (TPSA) is 109 Å². The molecule has 43 heavy (non-hydrogen) atoms. The Kier molecular flexibility index (Phi) is 9.48. The van der Waals surface area contributed by atoms with E-state index in [1.165, 1.54) is 15.9 Å². The molecule has 0 bridgehead atoms. The fourth-order valence-corrected chi connectivity index (χ4v) is 6.36. The zero-order valence-corrected chi connectivity index (χ0v) is 26.7. The Hall–Kier alpha value is -3.74. The largest absolute Gasteiger partial charge is 0.496 e. The standard InChI is InChI=1S/C31H32BrN3O7S/c1-18(2)42-30(38)27-19(3)33-31-35(28(27)23-16-21(32)7-10-24(23)39-4)29(37)25(43-31)15-20-5-8-22(9-6-20)41-17-26(36)34-11-13-40-14-12-34/h5-10,15-16,18,28H,11-14,17H2,1-4H3/b25-15-/t28-/m1/s1. The van der Waals surface area contributed by atoms with Crippen molar-refractivity contribution >= 4 is 45.2 Å². The highest BCUT2D eigenvalue weighted by molar-refractivity contribution is 9.10. The SMILES string of the molecule is COc1ccc(Br)cc1[C@@H]1C(C(=O)OC(C)C)=C(C)N=c2s/c(=C\c3ccc(OCC(=O)N4CCOCC4)cc3)c(=O)n21. The lowest BCUT2D eigenvalue weighted by atomic mass is 9.95. The van der Waals surface area contributed by atoms with Gasteiger partial charge in [0.25, 0.3) is 11.5 Å². The fraction of sp³-hybridized carbons (Fsp3) is 0.355. The molecule has 5 rings (SSSR count). The number of aromatic nitrogens is 1. The number of nitrogens with zero attached hydrogens (tertiary/aromatic N) is 3. The quantitative estimate of drug-likeness (QED) is 0.339. The van der Waals surface area contributed by atoms with Crippen LogP contribution in [0, 0.1) is 0 Å². The van der Waals surface area contributed by atoms with Crippen LogP contribution in [0.4, 0.5) is 0 Å². The molecule has 2 aromatic carbocycles. The van der Waals surface area contributed by atoms with Crippen molar-refractivity contribution in [2.24, 2.45) is 4.99 Å². The molecular weight excluding hydrogens is 638 g/mol. The number of carbonyl (C=O) groups is 2. The summed E-state index contributed by atoms with van der Waals surface area (Å²) in [6.45, 7) is 7.43. The summed E-state index contributed by atoms with van der Waals surface area (Å²) in [5, 5.41) is 0. The van der Waals surface area contributed by atoms with E-state index in [4.69, 9.17) is 18.9 Å². The van der Waals surface area contributed by atoms with E-state index in [0.717, 1.165) is 10.0 Å². The number of hydrogen-bond donors (Lipinski definition) is 0. The Bertz CT molecular complexity index is 1740. The van der Waals surface area contributed by atoms with E-state index >= 15 is 0 Å². The number of allylic oxidation sites excluding steroid dienone is 1. The molecule has 10 nitrogen and oxygen atoms in total. The highest BCUT2D eigenvalue weighted by Gasteiger charge is 2.35. The van der Waals surface area contributed by atoms with Gasteiger partial charge in [0.1, 0.15) is 17.5 Å². The van der Waals surface area contributed by atoms with E-state index in [9.17, 15) is 14.4 Å². The molecule has 1 fully saturated rings. The lowest BCUT2D eigenvalue weighted by Crippen LogP contribution is -2.42. The van der Waals surface area contributed by atoms with E-state index < -0.39 is 12.0 Å². The Morgan fingerprint density at radius 3 is 2.56 bits per heavy atom. The summed E-state index contributed by atoms with van der Waals surface area (Å²) in [4.78, 5) is 46.6. The minimum absolute atomic E-state index is 0.0576. The van der Waals surface area contributed by atoms with Crippen molar-refractivity contribution in [1.29, 1.82) is 0 Å². The number of fused-ring (bicyclic) bond motifs is 1. The van der Waals surface area contributed by atoms with Gasteiger partial charge in [-0.25, -0.2) is 9.79 Å². The van der Waals surface area contributed by atoms with Crippen LogP contribution in [-0.4, -0.2) is 67.5 Å². The molecular formula is C31H32BrN3O7S. The van der Waals surface area contributed by atoms with Crippen molar-refractivity contribution in [3.63, 3.8) is 0 Å². The van der Waals surface area contributed by atoms with Gasteiger partial charge in [0, 0.05) is 23.1 Å². The van der Waals surface area contributed by atoms with Crippen molar-refractivity contribution in [2.75, 3.05) is 40.0 Å². The van der Waals surface area contributed by atoms with E-state index in [2.05, 4.69) is 20.9 Å². The molecule has 1 atom stereocenters. The molecule has 1 amide bonds. The van der Waals surface area contributed by atoms with Gasteiger partial charge in [-0.1, -0.05) is 39.4 Å². The number of halogens is 1. The third kappa shape index (κ3) is 6.76. The highest BCUT2D eigenvalue weighted by atomic mass is 79.9. The van der Waals surface area contributed by atoms with Crippen LogP contribution in [0.25, 0.3) is 6.08 Å². The maximum atomic E-state index is 14.0. The number of morpholine rings is 1. The molecule has 0 radical (unpaired) electrons. The number of rotatable bonds is 8. The monoisotopic (exact) mass is 669 g/mol. The summed E-state index contributed by atoms with van der Waals surface area (Å²) in [7, 11) is 1.55. The Morgan fingerprint density at radius 1 is 1.16 bits per heavy atom. The zero-order chi connectivity index (χ0) is 30.7. The van der Waals surface area contributed by atoms with Crippen molar-refractivity contribution < 1.29 is 28.5 Å². The van der Waals surface area contributed by atoms with E-state index in [0.29, 0.717) is 58.4 Å². The van der Waals surface area contributed by atoms with Crippen LogP contribution >= 0.6 is 27.3 Å². The number of carbonyl (C=O) groups excluding carboxylic acids is 2. The predicted molar refractivity (Wildman–Crippen MR) is 165 cm³/mol. The molecule has 1 saturated heterocycles. The van der Waals surface area contributed by atoms with E-state index in [1.54, 1.807) is 57.1 Å². The van der Waals surface area contributed by atoms with Gasteiger partial charge in [-0.05, 0) is 62.7 Å². The summed E-state index contributed by atoms with van der Waals surface area (Å²) >= 11 is 4.76. The summed E-state index contributed by atoms with van der Waals surface area (Å²) < 4.78 is 25.0. The molecule has 1 aromatic heterocycles. The maximum Gasteiger partial charge on any atom is 0.338 e. The Morgan fingerprint density at radius 2 is 1.88 bits per heavy atom. The molecule has 3 heterocycles. The number of hydrogen-bond acceptors (Lipinski definition) is 9. The number of ether oxygens (including phenoxy) is 4. The minimum Gasteiger partial charge on any atom is -0.496 e. The van der Waals surface area contributed by atoms with Crippen molar-refractivity contribution in [3.8, 4) is 11.5 Å². The number of amides is 1. The van der Waals surface area contributed by atoms with Crippen LogP contribution in [0.3, 0.4) is 0 Å². The Balaban J connectivity index is 1.49. The van der Waals surface area contributed by atoms with Gasteiger partial charge in [-0.3, -0.25) is 14.2 Å². The predicted octanol–water partition coefficient (Wildman–Crippen LogP) is 3.20. The smallest absolute Gasteiger partial charge is 0.338 e. The number of methoxy groups -OCH3 is 1. The molecule has 3 aromatic rings. The van der Waals surface area contributed by atoms with E-state index in [1.807, 2.05) is 24.3 Å². The number of benzene rings is 2. The molecule has 0 aliphatic carbocycles. The minimum atomic E-state index is -0.808. The second-order valence-corrected chi connectivity index (χ2v) is 12.2. The fourth-order valence-electron chi connectivity index (χ4n) is 4.93. The Labute approximate surface area is 261 Å². The number of thiazole rings is 1. The van der Waals surface area contributed by atoms with Gasteiger partial charge in [0.05, 0.1) is 42.2 Å². The highest BCUT2D eigenvalue weighted by Crippen LogP contribution is 2.37. The normalized spacial score (nSPS) is 17.0. The molecule has 0 N–H and O–H groups in total. The average Bonchev–Trinajstić information content (AvgIpc) is 3.29. The number of esters is 1. The van der Waals surface area contributed by atoms with Crippen LogP contribution < -0.4 is 24.4 Å². The van der Waals surface area contributed by atoms with Gasteiger partial charge >= 0.3 is 5.97 Å². The zero-order valence-electron chi connectivity index (χ0n) is 24.3. The first kappa shape index (κ1) is 30.7. The first-order valence-corrected chi connectivity index (χ1v) is 15.4. The van der Waals surface area contributed by atoms with Crippen LogP contribution in [0.1, 0.15) is 37.9 Å². The van der Waals surface area contributed by atoms with Gasteiger partial charge in [0.15, 0.2) is 11.4 Å². The maximum absolute atomic E-state index is 14.0. The molecule has 0 spiro atoms. The van der Waals surface area contributed by atoms with Gasteiger partial charge in [-0.15, -0.1) is 0 Å². The summed E-state index contributed by atoms with van der Waals surface area (Å²) in [5.74, 6) is 0.443.